The molecule has 0 atom stereocenters. The molecule has 0 amide bonds. The Morgan fingerprint density at radius 2 is 1.88 bits per heavy atom. The summed E-state index contributed by atoms with van der Waals surface area (Å²) in [5, 5.41) is 0.344. The van der Waals surface area contributed by atoms with E-state index in [1.165, 1.54) is 12.1 Å². The normalized spacial score (nSPS) is 12.5. The van der Waals surface area contributed by atoms with Crippen LogP contribution in [0.4, 0.5) is 13.2 Å². The number of benzene rings is 1. The number of alkyl halides is 4. The minimum atomic E-state index is -5.62. The predicted molar refractivity (Wildman–Crippen MR) is 62.4 cm³/mol. The van der Waals surface area contributed by atoms with E-state index >= 15 is 0 Å². The van der Waals surface area contributed by atoms with Crippen molar-refractivity contribution < 1.29 is 25.8 Å². The Hall–Kier alpha value is -0.280. The predicted octanol–water partition coefficient (Wildman–Crippen LogP) is 3.57. The van der Waals surface area contributed by atoms with Gasteiger partial charge in [-0.1, -0.05) is 31.9 Å². The molecule has 0 spiro atoms. The van der Waals surface area contributed by atoms with E-state index in [9.17, 15) is 21.6 Å². The topological polar surface area (TPSA) is 43.4 Å². The molecule has 0 heterocycles. The Kier molecular flexibility index (Phi) is 4.48. The maximum Gasteiger partial charge on any atom is 0.534 e. The molecule has 96 valence electrons. The summed E-state index contributed by atoms with van der Waals surface area (Å²) in [7, 11) is -5.62. The highest BCUT2D eigenvalue weighted by atomic mass is 79.9. The first-order valence-electron chi connectivity index (χ1n) is 4.02. The molecule has 0 aliphatic rings. The van der Waals surface area contributed by atoms with Crippen molar-refractivity contribution in [2.75, 3.05) is 0 Å². The Morgan fingerprint density at radius 3 is 2.35 bits per heavy atom. The molecule has 9 heteroatoms. The fraction of sp³-hybridized carbons (Fsp3) is 0.250. The van der Waals surface area contributed by atoms with Crippen LogP contribution in [0.2, 0.25) is 0 Å². The van der Waals surface area contributed by atoms with Gasteiger partial charge in [0.25, 0.3) is 0 Å². The van der Waals surface area contributed by atoms with Crippen LogP contribution in [-0.4, -0.2) is 13.9 Å². The summed E-state index contributed by atoms with van der Waals surface area (Å²) in [5.41, 5.74) is -4.87. The zero-order chi connectivity index (χ0) is 13.3. The van der Waals surface area contributed by atoms with E-state index in [2.05, 4.69) is 36.0 Å². The van der Waals surface area contributed by atoms with Gasteiger partial charge in [0.15, 0.2) is 0 Å². The molecule has 0 aliphatic carbocycles. The third-order valence-electron chi connectivity index (χ3n) is 1.65. The van der Waals surface area contributed by atoms with Gasteiger partial charge in [0.2, 0.25) is 0 Å². The van der Waals surface area contributed by atoms with E-state index in [1.807, 2.05) is 0 Å². The van der Waals surface area contributed by atoms with E-state index in [0.717, 1.165) is 6.07 Å². The van der Waals surface area contributed by atoms with E-state index in [-0.39, 0.29) is 5.75 Å². The van der Waals surface area contributed by atoms with Crippen LogP contribution in [0.5, 0.6) is 5.75 Å². The molecule has 17 heavy (non-hydrogen) atoms. The number of rotatable bonds is 3. The molecule has 1 rings (SSSR count). The third kappa shape index (κ3) is 3.59. The van der Waals surface area contributed by atoms with Gasteiger partial charge in [-0.05, 0) is 23.8 Å². The van der Waals surface area contributed by atoms with Crippen molar-refractivity contribution in [2.24, 2.45) is 0 Å². The second kappa shape index (κ2) is 5.15. The van der Waals surface area contributed by atoms with Crippen LogP contribution in [0.15, 0.2) is 22.7 Å². The standard InChI is InChI=1S/C8H5Br2F3O3S/c9-4-5-3-6(1-2-7(5)10)16-17(14,15)8(11,12)13/h1-3H,4H2. The summed E-state index contributed by atoms with van der Waals surface area (Å²) < 4.78 is 62.2. The third-order valence-corrected chi connectivity index (χ3v) is 4.01. The molecular formula is C8H5Br2F3O3S. The van der Waals surface area contributed by atoms with Gasteiger partial charge in [0, 0.05) is 9.80 Å². The highest BCUT2D eigenvalue weighted by molar-refractivity contribution is 9.10. The Bertz CT molecular complexity index is 513. The molecule has 1 aromatic carbocycles. The minimum absolute atomic E-state index is 0.344. The molecule has 0 unspecified atom stereocenters. The highest BCUT2D eigenvalue weighted by Crippen LogP contribution is 2.29. The molecule has 0 saturated carbocycles. The van der Waals surface area contributed by atoms with Crippen molar-refractivity contribution in [2.45, 2.75) is 10.8 Å². The van der Waals surface area contributed by atoms with E-state index in [1.54, 1.807) is 0 Å². The number of hydrogen-bond acceptors (Lipinski definition) is 3. The molecule has 1 aromatic rings. The molecular weight excluding hydrogens is 393 g/mol. The number of halogens is 5. The zero-order valence-corrected chi connectivity index (χ0v) is 12.0. The summed E-state index contributed by atoms with van der Waals surface area (Å²) in [6.45, 7) is 0. The molecule has 0 N–H and O–H groups in total. The van der Waals surface area contributed by atoms with Gasteiger partial charge in [-0.2, -0.15) is 21.6 Å². The van der Waals surface area contributed by atoms with Crippen LogP contribution in [0.3, 0.4) is 0 Å². The van der Waals surface area contributed by atoms with Crippen LogP contribution in [0.25, 0.3) is 0 Å². The lowest BCUT2D eigenvalue weighted by Gasteiger charge is -2.10. The molecule has 0 radical (unpaired) electrons. The average Bonchev–Trinajstić information content (AvgIpc) is 2.19. The van der Waals surface area contributed by atoms with Gasteiger partial charge in [0.1, 0.15) is 5.75 Å². The summed E-state index contributed by atoms with van der Waals surface area (Å²) in [4.78, 5) is 0. The lowest BCUT2D eigenvalue weighted by molar-refractivity contribution is -0.0500. The van der Waals surface area contributed by atoms with E-state index in [0.29, 0.717) is 15.4 Å². The Balaban J connectivity index is 3.05. The quantitative estimate of drug-likeness (QED) is 0.445. The van der Waals surface area contributed by atoms with Gasteiger partial charge >= 0.3 is 15.6 Å². The van der Waals surface area contributed by atoms with Crippen molar-refractivity contribution in [3.8, 4) is 5.75 Å². The Labute approximate surface area is 112 Å². The lowest BCUT2D eigenvalue weighted by atomic mass is 10.2. The van der Waals surface area contributed by atoms with Crippen molar-refractivity contribution in [3.63, 3.8) is 0 Å². The van der Waals surface area contributed by atoms with Gasteiger partial charge in [-0.3, -0.25) is 0 Å². The van der Waals surface area contributed by atoms with Gasteiger partial charge < -0.3 is 4.18 Å². The van der Waals surface area contributed by atoms with Crippen LogP contribution in [-0.2, 0) is 15.4 Å². The number of hydrogen-bond donors (Lipinski definition) is 0. The maximum absolute atomic E-state index is 12.0. The van der Waals surface area contributed by atoms with Crippen molar-refractivity contribution in [1.82, 2.24) is 0 Å². The van der Waals surface area contributed by atoms with Crippen molar-refractivity contribution in [3.05, 3.63) is 28.2 Å². The van der Waals surface area contributed by atoms with Gasteiger partial charge in [-0.15, -0.1) is 0 Å². The first-order chi connectivity index (χ1) is 7.67. The van der Waals surface area contributed by atoms with E-state index < -0.39 is 15.6 Å². The maximum atomic E-state index is 12.0. The summed E-state index contributed by atoms with van der Waals surface area (Å²) >= 11 is 6.26. The van der Waals surface area contributed by atoms with Crippen LogP contribution in [0.1, 0.15) is 5.56 Å². The molecule has 3 nitrogen and oxygen atoms in total. The summed E-state index contributed by atoms with van der Waals surface area (Å²) in [5.74, 6) is -0.389. The Morgan fingerprint density at radius 1 is 1.29 bits per heavy atom. The minimum Gasteiger partial charge on any atom is -0.376 e. The summed E-state index contributed by atoms with van der Waals surface area (Å²) in [6.07, 6.45) is 0. The fourth-order valence-electron chi connectivity index (χ4n) is 0.879. The average molecular weight is 398 g/mol. The highest BCUT2D eigenvalue weighted by Gasteiger charge is 2.48. The summed E-state index contributed by atoms with van der Waals surface area (Å²) in [6, 6.07) is 3.72. The van der Waals surface area contributed by atoms with Crippen molar-refractivity contribution in [1.29, 1.82) is 0 Å². The first kappa shape index (κ1) is 14.8. The van der Waals surface area contributed by atoms with Gasteiger partial charge in [-0.25, -0.2) is 0 Å². The smallest absolute Gasteiger partial charge is 0.376 e. The van der Waals surface area contributed by atoms with Crippen molar-refractivity contribution >= 4 is 42.0 Å². The lowest BCUT2D eigenvalue weighted by Crippen LogP contribution is -2.28. The zero-order valence-electron chi connectivity index (χ0n) is 7.96. The van der Waals surface area contributed by atoms with Crippen LogP contribution in [0, 0.1) is 0 Å². The van der Waals surface area contributed by atoms with Crippen LogP contribution < -0.4 is 4.18 Å². The molecule has 0 saturated heterocycles. The molecule has 0 fully saturated rings. The van der Waals surface area contributed by atoms with Crippen LogP contribution >= 0.6 is 31.9 Å². The monoisotopic (exact) mass is 396 g/mol. The molecule has 0 aliphatic heterocycles. The van der Waals surface area contributed by atoms with E-state index in [4.69, 9.17) is 0 Å². The fourth-order valence-corrected chi connectivity index (χ4v) is 2.56. The second-order valence-electron chi connectivity index (χ2n) is 2.87. The second-order valence-corrected chi connectivity index (χ2v) is 5.82. The largest absolute Gasteiger partial charge is 0.534 e. The molecule has 0 aromatic heterocycles. The van der Waals surface area contributed by atoms with Gasteiger partial charge in [0.05, 0.1) is 0 Å². The molecule has 0 bridgehead atoms. The first-order valence-corrected chi connectivity index (χ1v) is 7.35. The SMILES string of the molecule is O=S(=O)(Oc1ccc(Br)c(CBr)c1)C(F)(F)F.